The van der Waals surface area contributed by atoms with E-state index in [4.69, 9.17) is 0 Å². The SMILES string of the molecule is CNNC(=O)N(C)C1CCN(C)CC1. The standard InChI is InChI=1S/C9H20N4O/c1-10-11-9(14)13(3)8-4-6-12(2)7-5-8/h8,10H,4-7H2,1-3H3,(H,11,14). The maximum atomic E-state index is 11.5. The first kappa shape index (κ1) is 11.3. The molecule has 2 N–H and O–H groups in total. The maximum Gasteiger partial charge on any atom is 0.331 e. The van der Waals surface area contributed by atoms with Crippen molar-refractivity contribution in [3.05, 3.63) is 0 Å². The quantitative estimate of drug-likeness (QED) is 0.610. The van der Waals surface area contributed by atoms with Crippen molar-refractivity contribution in [2.45, 2.75) is 18.9 Å². The molecule has 82 valence electrons. The second-order valence-electron chi connectivity index (χ2n) is 3.83. The normalized spacial score (nSPS) is 19.4. The van der Waals surface area contributed by atoms with Gasteiger partial charge in [0, 0.05) is 20.1 Å². The summed E-state index contributed by atoms with van der Waals surface area (Å²) in [6.07, 6.45) is 2.12. The predicted molar refractivity (Wildman–Crippen MR) is 55.9 cm³/mol. The number of likely N-dealkylation sites (tertiary alicyclic amines) is 1. The van der Waals surface area contributed by atoms with Gasteiger partial charge in [0.25, 0.3) is 0 Å². The van der Waals surface area contributed by atoms with E-state index in [1.165, 1.54) is 0 Å². The number of carbonyl (C=O) groups excluding carboxylic acids is 1. The summed E-state index contributed by atoms with van der Waals surface area (Å²) in [5.41, 5.74) is 5.22. The molecule has 0 aromatic heterocycles. The third kappa shape index (κ3) is 2.85. The highest BCUT2D eigenvalue weighted by Crippen LogP contribution is 2.13. The van der Waals surface area contributed by atoms with Crippen molar-refractivity contribution in [3.63, 3.8) is 0 Å². The van der Waals surface area contributed by atoms with E-state index in [1.54, 1.807) is 11.9 Å². The van der Waals surface area contributed by atoms with Crippen molar-refractivity contribution in [1.29, 1.82) is 0 Å². The average Bonchev–Trinajstić information content (AvgIpc) is 2.18. The molecule has 0 unspecified atom stereocenters. The Morgan fingerprint density at radius 1 is 1.43 bits per heavy atom. The van der Waals surface area contributed by atoms with E-state index in [1.807, 2.05) is 7.05 Å². The Balaban J connectivity index is 2.37. The van der Waals surface area contributed by atoms with Crippen molar-refractivity contribution < 1.29 is 4.79 Å². The highest BCUT2D eigenvalue weighted by Gasteiger charge is 2.23. The van der Waals surface area contributed by atoms with Crippen LogP contribution in [0.25, 0.3) is 0 Å². The summed E-state index contributed by atoms with van der Waals surface area (Å²) in [6.45, 7) is 2.14. The van der Waals surface area contributed by atoms with Gasteiger partial charge in [-0.3, -0.25) is 5.43 Å². The topological polar surface area (TPSA) is 47.6 Å². The molecule has 1 aliphatic rings. The van der Waals surface area contributed by atoms with Gasteiger partial charge in [-0.2, -0.15) is 0 Å². The van der Waals surface area contributed by atoms with E-state index in [0.717, 1.165) is 25.9 Å². The van der Waals surface area contributed by atoms with Gasteiger partial charge >= 0.3 is 6.03 Å². The number of nitrogens with zero attached hydrogens (tertiary/aromatic N) is 2. The van der Waals surface area contributed by atoms with Crippen LogP contribution in [0.1, 0.15) is 12.8 Å². The number of carbonyl (C=O) groups is 1. The zero-order chi connectivity index (χ0) is 10.6. The van der Waals surface area contributed by atoms with Crippen molar-refractivity contribution in [2.75, 3.05) is 34.2 Å². The smallest absolute Gasteiger partial charge is 0.324 e. The van der Waals surface area contributed by atoms with Crippen LogP contribution in [0.15, 0.2) is 0 Å². The summed E-state index contributed by atoms with van der Waals surface area (Å²) in [5.74, 6) is 0. The summed E-state index contributed by atoms with van der Waals surface area (Å²) >= 11 is 0. The molecule has 0 aromatic carbocycles. The van der Waals surface area contributed by atoms with Crippen molar-refractivity contribution in [3.8, 4) is 0 Å². The highest BCUT2D eigenvalue weighted by atomic mass is 16.2. The Hall–Kier alpha value is -0.810. The minimum atomic E-state index is -0.0537. The van der Waals surface area contributed by atoms with Crippen LogP contribution in [-0.2, 0) is 0 Å². The minimum absolute atomic E-state index is 0.0537. The van der Waals surface area contributed by atoms with Gasteiger partial charge in [-0.15, -0.1) is 0 Å². The average molecular weight is 200 g/mol. The Labute approximate surface area is 85.4 Å². The van der Waals surface area contributed by atoms with E-state index in [-0.39, 0.29) is 6.03 Å². The minimum Gasteiger partial charge on any atom is -0.324 e. The molecule has 5 nitrogen and oxygen atoms in total. The Bertz CT molecular complexity index is 189. The van der Waals surface area contributed by atoms with Crippen LogP contribution in [0.4, 0.5) is 4.79 Å². The molecule has 0 bridgehead atoms. The largest absolute Gasteiger partial charge is 0.331 e. The van der Waals surface area contributed by atoms with E-state index in [2.05, 4.69) is 22.8 Å². The van der Waals surface area contributed by atoms with Crippen molar-refractivity contribution in [1.82, 2.24) is 20.7 Å². The number of rotatable bonds is 2. The molecule has 0 atom stereocenters. The fourth-order valence-corrected chi connectivity index (χ4v) is 1.74. The summed E-state index contributed by atoms with van der Waals surface area (Å²) in [4.78, 5) is 15.5. The first-order valence-electron chi connectivity index (χ1n) is 5.03. The predicted octanol–water partition coefficient (Wildman–Crippen LogP) is -0.144. The molecule has 0 radical (unpaired) electrons. The molecule has 1 heterocycles. The number of nitrogens with one attached hydrogen (secondary N) is 2. The van der Waals surface area contributed by atoms with Gasteiger partial charge < -0.3 is 9.80 Å². The molecule has 1 fully saturated rings. The number of hydrazine groups is 1. The third-order valence-electron chi connectivity index (χ3n) is 2.79. The van der Waals surface area contributed by atoms with Gasteiger partial charge in [-0.25, -0.2) is 10.2 Å². The third-order valence-corrected chi connectivity index (χ3v) is 2.79. The lowest BCUT2D eigenvalue weighted by molar-refractivity contribution is 0.146. The Morgan fingerprint density at radius 2 is 2.00 bits per heavy atom. The second-order valence-corrected chi connectivity index (χ2v) is 3.83. The Morgan fingerprint density at radius 3 is 2.50 bits per heavy atom. The van der Waals surface area contributed by atoms with Crippen molar-refractivity contribution >= 4 is 6.03 Å². The lowest BCUT2D eigenvalue weighted by Gasteiger charge is -2.34. The van der Waals surface area contributed by atoms with E-state index in [9.17, 15) is 4.79 Å². The summed E-state index contributed by atoms with van der Waals surface area (Å²) in [5, 5.41) is 0. The molecule has 0 saturated carbocycles. The molecular weight excluding hydrogens is 180 g/mol. The van der Waals surface area contributed by atoms with E-state index >= 15 is 0 Å². The maximum absolute atomic E-state index is 11.5. The first-order chi connectivity index (χ1) is 6.65. The van der Waals surface area contributed by atoms with Gasteiger partial charge in [-0.1, -0.05) is 0 Å². The molecule has 1 rings (SSSR count). The zero-order valence-corrected chi connectivity index (χ0v) is 9.21. The monoisotopic (exact) mass is 200 g/mol. The summed E-state index contributed by atoms with van der Waals surface area (Å²) in [6, 6.07) is 0.321. The van der Waals surface area contributed by atoms with Crippen LogP contribution in [0.2, 0.25) is 0 Å². The number of piperidine rings is 1. The van der Waals surface area contributed by atoms with Crippen molar-refractivity contribution in [2.24, 2.45) is 0 Å². The van der Waals surface area contributed by atoms with Gasteiger partial charge in [-0.05, 0) is 33.0 Å². The van der Waals surface area contributed by atoms with Crippen LogP contribution in [0, 0.1) is 0 Å². The van der Waals surface area contributed by atoms with Gasteiger partial charge in [0.1, 0.15) is 0 Å². The van der Waals surface area contributed by atoms with E-state index in [0.29, 0.717) is 6.04 Å². The van der Waals surface area contributed by atoms with E-state index < -0.39 is 0 Å². The molecule has 14 heavy (non-hydrogen) atoms. The van der Waals surface area contributed by atoms with Crippen LogP contribution in [0.3, 0.4) is 0 Å². The first-order valence-corrected chi connectivity index (χ1v) is 5.03. The molecule has 0 spiro atoms. The van der Waals surface area contributed by atoms with Crippen LogP contribution < -0.4 is 10.9 Å². The fraction of sp³-hybridized carbons (Fsp3) is 0.889. The van der Waals surface area contributed by atoms with Gasteiger partial charge in [0.05, 0.1) is 0 Å². The lowest BCUT2D eigenvalue weighted by Crippen LogP contribution is -2.50. The van der Waals surface area contributed by atoms with Crippen LogP contribution >= 0.6 is 0 Å². The fourth-order valence-electron chi connectivity index (χ4n) is 1.74. The van der Waals surface area contributed by atoms with Gasteiger partial charge in [0.15, 0.2) is 0 Å². The highest BCUT2D eigenvalue weighted by molar-refractivity contribution is 5.73. The summed E-state index contributed by atoms with van der Waals surface area (Å²) in [7, 11) is 5.66. The number of hydrogen-bond donors (Lipinski definition) is 2. The molecular formula is C9H20N4O. The molecule has 5 heteroatoms. The number of urea groups is 1. The molecule has 2 amide bonds. The molecule has 0 aromatic rings. The molecule has 0 aliphatic carbocycles. The number of amides is 2. The Kier molecular flexibility index (Phi) is 4.16. The zero-order valence-electron chi connectivity index (χ0n) is 9.21. The molecule has 1 aliphatic heterocycles. The van der Waals surface area contributed by atoms with Crippen LogP contribution in [-0.4, -0.2) is 56.1 Å². The molecule has 1 saturated heterocycles. The van der Waals surface area contributed by atoms with Crippen LogP contribution in [0.5, 0.6) is 0 Å². The number of hydrogen-bond acceptors (Lipinski definition) is 3. The second kappa shape index (κ2) is 5.17. The summed E-state index contributed by atoms with van der Waals surface area (Å²) < 4.78 is 0. The lowest BCUT2D eigenvalue weighted by atomic mass is 10.0. The van der Waals surface area contributed by atoms with Gasteiger partial charge in [0.2, 0.25) is 0 Å².